The lowest BCUT2D eigenvalue weighted by atomic mass is 10.1. The summed E-state index contributed by atoms with van der Waals surface area (Å²) in [7, 11) is 1.82. The molecule has 2 rings (SSSR count). The van der Waals surface area contributed by atoms with E-state index < -0.39 is 0 Å². The third-order valence-corrected chi connectivity index (χ3v) is 5.40. The zero-order valence-corrected chi connectivity index (χ0v) is 15.6. The van der Waals surface area contributed by atoms with Crippen LogP contribution in [0.3, 0.4) is 0 Å². The van der Waals surface area contributed by atoms with Crippen LogP contribution in [-0.2, 0) is 6.42 Å². The Balaban J connectivity index is 1.91. The Hall–Kier alpha value is -1.62. The molecule has 0 unspecified atom stereocenters. The van der Waals surface area contributed by atoms with E-state index in [0.29, 0.717) is 0 Å². The fraction of sp³-hybridized carbons (Fsp3) is 0.500. The van der Waals surface area contributed by atoms with Crippen molar-refractivity contribution in [2.75, 3.05) is 26.4 Å². The third-order valence-electron chi connectivity index (χ3n) is 4.15. The molecule has 23 heavy (non-hydrogen) atoms. The number of fused-ring (bicyclic) bond motifs is 1. The predicted molar refractivity (Wildman–Crippen MR) is 104 cm³/mol. The van der Waals surface area contributed by atoms with Gasteiger partial charge in [0.15, 0.2) is 5.96 Å². The molecular formula is C18H28N4S. The number of nitrogens with one attached hydrogen (secondary N) is 3. The molecule has 1 aromatic heterocycles. The molecule has 0 aliphatic carbocycles. The number of para-hydroxylation sites is 1. The van der Waals surface area contributed by atoms with Gasteiger partial charge in [-0.1, -0.05) is 18.2 Å². The molecule has 126 valence electrons. The van der Waals surface area contributed by atoms with Crippen molar-refractivity contribution >= 4 is 28.6 Å². The summed E-state index contributed by atoms with van der Waals surface area (Å²) >= 11 is 1.86. The average Bonchev–Trinajstić information content (AvgIpc) is 2.86. The highest BCUT2D eigenvalue weighted by atomic mass is 32.2. The van der Waals surface area contributed by atoms with Crippen molar-refractivity contribution in [3.63, 3.8) is 0 Å². The number of nitrogens with zero attached hydrogens (tertiary/aromatic N) is 1. The molecule has 0 aliphatic heterocycles. The van der Waals surface area contributed by atoms with Gasteiger partial charge in [-0.05, 0) is 45.1 Å². The highest BCUT2D eigenvalue weighted by molar-refractivity contribution is 7.99. The van der Waals surface area contributed by atoms with E-state index in [-0.39, 0.29) is 4.75 Å². The first-order chi connectivity index (χ1) is 11.0. The first-order valence-electron chi connectivity index (χ1n) is 8.02. The largest absolute Gasteiger partial charge is 0.358 e. The predicted octanol–water partition coefficient (Wildman–Crippen LogP) is 3.33. The van der Waals surface area contributed by atoms with Gasteiger partial charge in [-0.15, -0.1) is 0 Å². The van der Waals surface area contributed by atoms with Crippen molar-refractivity contribution in [1.29, 1.82) is 0 Å². The molecule has 0 saturated carbocycles. The summed E-state index contributed by atoms with van der Waals surface area (Å²) in [5.41, 5.74) is 3.84. The molecule has 0 atom stereocenters. The Morgan fingerprint density at radius 3 is 2.70 bits per heavy atom. The lowest BCUT2D eigenvalue weighted by Gasteiger charge is -2.23. The maximum absolute atomic E-state index is 4.31. The highest BCUT2D eigenvalue weighted by Gasteiger charge is 2.16. The Labute approximate surface area is 143 Å². The Morgan fingerprint density at radius 2 is 2.00 bits per heavy atom. The van der Waals surface area contributed by atoms with E-state index in [9.17, 15) is 0 Å². The van der Waals surface area contributed by atoms with E-state index in [4.69, 9.17) is 0 Å². The van der Waals surface area contributed by atoms with Crippen molar-refractivity contribution in [2.45, 2.75) is 31.9 Å². The van der Waals surface area contributed by atoms with Crippen LogP contribution < -0.4 is 10.6 Å². The fourth-order valence-corrected chi connectivity index (χ4v) is 2.77. The number of aryl methyl sites for hydroxylation is 1. The number of thioether (sulfide) groups is 1. The van der Waals surface area contributed by atoms with Crippen molar-refractivity contribution in [3.05, 3.63) is 35.5 Å². The molecule has 0 spiro atoms. The fourth-order valence-electron chi connectivity index (χ4n) is 2.55. The second-order valence-corrected chi connectivity index (χ2v) is 7.85. The maximum Gasteiger partial charge on any atom is 0.191 e. The van der Waals surface area contributed by atoms with Crippen LogP contribution in [0.4, 0.5) is 0 Å². The van der Waals surface area contributed by atoms with Crippen molar-refractivity contribution < 1.29 is 0 Å². The Kier molecular flexibility index (Phi) is 5.99. The third kappa shape index (κ3) is 4.67. The molecule has 0 aliphatic rings. The van der Waals surface area contributed by atoms with Crippen LogP contribution in [0.2, 0.25) is 0 Å². The number of rotatable bonds is 6. The first kappa shape index (κ1) is 17.7. The van der Waals surface area contributed by atoms with Gasteiger partial charge in [0.2, 0.25) is 0 Å². The van der Waals surface area contributed by atoms with Gasteiger partial charge in [-0.3, -0.25) is 4.99 Å². The number of H-pyrrole nitrogens is 1. The Morgan fingerprint density at radius 1 is 1.26 bits per heavy atom. The molecule has 2 aromatic rings. The minimum Gasteiger partial charge on any atom is -0.358 e. The minimum absolute atomic E-state index is 0.199. The van der Waals surface area contributed by atoms with E-state index in [1.807, 2.05) is 18.8 Å². The van der Waals surface area contributed by atoms with E-state index in [1.165, 1.54) is 22.2 Å². The number of aromatic nitrogens is 1. The summed E-state index contributed by atoms with van der Waals surface area (Å²) in [6.07, 6.45) is 3.11. The van der Waals surface area contributed by atoms with Crippen LogP contribution in [0.5, 0.6) is 0 Å². The van der Waals surface area contributed by atoms with Crippen LogP contribution in [-0.4, -0.2) is 42.1 Å². The molecule has 1 heterocycles. The molecule has 5 heteroatoms. The highest BCUT2D eigenvalue weighted by Crippen LogP contribution is 2.22. The average molecular weight is 333 g/mol. The maximum atomic E-state index is 4.31. The SMILES string of the molecule is CN=C(NCCc1c(C)[nH]c2ccccc12)NCC(C)(C)SC. The number of benzene rings is 1. The lowest BCUT2D eigenvalue weighted by molar-refractivity contribution is 0.664. The number of aliphatic imine (C=N–C) groups is 1. The summed E-state index contributed by atoms with van der Waals surface area (Å²) in [4.78, 5) is 7.76. The minimum atomic E-state index is 0.199. The summed E-state index contributed by atoms with van der Waals surface area (Å²) in [6, 6.07) is 8.48. The lowest BCUT2D eigenvalue weighted by Crippen LogP contribution is -2.43. The summed E-state index contributed by atoms with van der Waals surface area (Å²) in [6.45, 7) is 8.35. The van der Waals surface area contributed by atoms with Gasteiger partial charge in [-0.2, -0.15) is 11.8 Å². The van der Waals surface area contributed by atoms with Crippen LogP contribution in [0, 0.1) is 6.92 Å². The van der Waals surface area contributed by atoms with Crippen molar-refractivity contribution in [1.82, 2.24) is 15.6 Å². The molecule has 3 N–H and O–H groups in total. The number of guanidine groups is 1. The van der Waals surface area contributed by atoms with Gasteiger partial charge >= 0.3 is 0 Å². The van der Waals surface area contributed by atoms with Gasteiger partial charge < -0.3 is 15.6 Å². The molecular weight excluding hydrogens is 304 g/mol. The van der Waals surface area contributed by atoms with Crippen LogP contribution in [0.1, 0.15) is 25.1 Å². The van der Waals surface area contributed by atoms with Gasteiger partial charge in [-0.25, -0.2) is 0 Å². The van der Waals surface area contributed by atoms with E-state index in [2.05, 4.69) is 71.9 Å². The first-order valence-corrected chi connectivity index (χ1v) is 9.25. The second kappa shape index (κ2) is 7.77. The smallest absolute Gasteiger partial charge is 0.191 e. The van der Waals surface area contributed by atoms with Crippen LogP contribution >= 0.6 is 11.8 Å². The normalized spacial score (nSPS) is 12.7. The van der Waals surface area contributed by atoms with Crippen LogP contribution in [0.25, 0.3) is 10.9 Å². The summed E-state index contributed by atoms with van der Waals surface area (Å²) in [5, 5.41) is 8.13. The van der Waals surface area contributed by atoms with Gasteiger partial charge in [0.05, 0.1) is 0 Å². The standard InChI is InChI=1S/C18H28N4S/c1-13-14(15-8-6-7-9-16(15)22-13)10-11-20-17(19-4)21-12-18(2,3)23-5/h6-9,22H,10-12H2,1-5H3,(H2,19,20,21). The zero-order chi connectivity index (χ0) is 16.9. The van der Waals surface area contributed by atoms with Crippen molar-refractivity contribution in [2.24, 2.45) is 4.99 Å². The molecule has 1 aromatic carbocycles. The Bertz CT molecular complexity index is 673. The van der Waals surface area contributed by atoms with Gasteiger partial charge in [0.25, 0.3) is 0 Å². The van der Waals surface area contributed by atoms with Crippen molar-refractivity contribution in [3.8, 4) is 0 Å². The number of hydrogen-bond acceptors (Lipinski definition) is 2. The molecule has 0 radical (unpaired) electrons. The van der Waals surface area contributed by atoms with Crippen LogP contribution in [0.15, 0.2) is 29.3 Å². The molecule has 0 saturated heterocycles. The molecule has 4 nitrogen and oxygen atoms in total. The van der Waals surface area contributed by atoms with Gasteiger partial charge in [0.1, 0.15) is 0 Å². The summed E-state index contributed by atoms with van der Waals surface area (Å²) in [5.74, 6) is 0.865. The zero-order valence-electron chi connectivity index (χ0n) is 14.8. The van der Waals surface area contributed by atoms with Gasteiger partial charge in [0, 0.05) is 41.5 Å². The number of hydrogen-bond donors (Lipinski definition) is 3. The second-order valence-electron chi connectivity index (χ2n) is 6.34. The van der Waals surface area contributed by atoms with E-state index in [0.717, 1.165) is 25.5 Å². The molecule has 0 bridgehead atoms. The number of aromatic amines is 1. The van der Waals surface area contributed by atoms with E-state index >= 15 is 0 Å². The van der Waals surface area contributed by atoms with E-state index in [1.54, 1.807) is 0 Å². The molecule has 0 fully saturated rings. The topological polar surface area (TPSA) is 52.2 Å². The molecule has 0 amide bonds. The quantitative estimate of drug-likeness (QED) is 0.562. The monoisotopic (exact) mass is 332 g/mol. The summed E-state index contributed by atoms with van der Waals surface area (Å²) < 4.78 is 0.199.